The third-order valence-electron chi connectivity index (χ3n) is 3.44. The van der Waals surface area contributed by atoms with Crippen LogP contribution in [-0.4, -0.2) is 42.7 Å². The summed E-state index contributed by atoms with van der Waals surface area (Å²) in [4.78, 5) is 14.2. The van der Waals surface area contributed by atoms with Crippen LogP contribution in [0.25, 0.3) is 10.9 Å². The van der Waals surface area contributed by atoms with Gasteiger partial charge in [-0.05, 0) is 12.5 Å². The highest BCUT2D eigenvalue weighted by Gasteiger charge is 2.22. The van der Waals surface area contributed by atoms with Gasteiger partial charge in [-0.3, -0.25) is 4.79 Å². The smallest absolute Gasteiger partial charge is 0.271 e. The summed E-state index contributed by atoms with van der Waals surface area (Å²) >= 11 is 6.37. The number of hydrogen-bond acceptors (Lipinski definition) is 2. The number of halogens is 1. The molecule has 1 amide bonds. The molecule has 4 nitrogen and oxygen atoms in total. The Balaban J connectivity index is 2.30. The quantitative estimate of drug-likeness (QED) is 0.795. The number of benzene rings is 1. The van der Waals surface area contributed by atoms with Crippen molar-refractivity contribution in [3.05, 3.63) is 35.0 Å². The highest BCUT2D eigenvalue weighted by molar-refractivity contribution is 6.38. The predicted octanol–water partition coefficient (Wildman–Crippen LogP) is 2.94. The topological polar surface area (TPSA) is 34.5 Å². The van der Waals surface area contributed by atoms with Crippen molar-refractivity contribution in [2.24, 2.45) is 7.05 Å². The minimum atomic E-state index is -0.0650. The second-order valence-electron chi connectivity index (χ2n) is 4.81. The Labute approximate surface area is 123 Å². The zero-order valence-electron chi connectivity index (χ0n) is 12.0. The number of fused-ring (bicyclic) bond motifs is 1. The molecule has 0 aliphatic carbocycles. The van der Waals surface area contributed by atoms with Gasteiger partial charge in [0.25, 0.3) is 5.91 Å². The maximum Gasteiger partial charge on any atom is 0.271 e. The van der Waals surface area contributed by atoms with Gasteiger partial charge in [0.05, 0.1) is 5.02 Å². The summed E-state index contributed by atoms with van der Waals surface area (Å²) in [6, 6.07) is 7.75. The van der Waals surface area contributed by atoms with Crippen LogP contribution >= 0.6 is 11.6 Å². The molecule has 0 radical (unpaired) electrons. The van der Waals surface area contributed by atoms with Crippen LogP contribution < -0.4 is 0 Å². The molecule has 0 aliphatic heterocycles. The second-order valence-corrected chi connectivity index (χ2v) is 5.19. The number of ether oxygens (including phenoxy) is 1. The number of carbonyl (C=O) groups excluding carboxylic acids is 1. The number of aromatic nitrogens is 1. The van der Waals surface area contributed by atoms with E-state index in [1.807, 2.05) is 35.9 Å². The van der Waals surface area contributed by atoms with Gasteiger partial charge in [-0.25, -0.2) is 0 Å². The molecule has 0 spiro atoms. The van der Waals surface area contributed by atoms with E-state index in [-0.39, 0.29) is 5.91 Å². The Kier molecular flexibility index (Phi) is 4.68. The maximum absolute atomic E-state index is 12.5. The average Bonchev–Trinajstić information content (AvgIpc) is 2.71. The summed E-state index contributed by atoms with van der Waals surface area (Å²) in [6.07, 6.45) is 0.806. The summed E-state index contributed by atoms with van der Waals surface area (Å²) in [6.45, 7) is 1.28. The molecule has 0 aliphatic rings. The van der Waals surface area contributed by atoms with Crippen molar-refractivity contribution in [3.63, 3.8) is 0 Å². The van der Waals surface area contributed by atoms with E-state index < -0.39 is 0 Å². The fourth-order valence-electron chi connectivity index (χ4n) is 2.31. The van der Waals surface area contributed by atoms with Crippen LogP contribution in [-0.2, 0) is 11.8 Å². The molecule has 0 atom stereocenters. The van der Waals surface area contributed by atoms with E-state index in [9.17, 15) is 4.79 Å². The van der Waals surface area contributed by atoms with Crippen LogP contribution in [0.3, 0.4) is 0 Å². The van der Waals surface area contributed by atoms with Crippen LogP contribution in [0.15, 0.2) is 24.3 Å². The van der Waals surface area contributed by atoms with Gasteiger partial charge in [-0.2, -0.15) is 0 Å². The molecule has 5 heteroatoms. The van der Waals surface area contributed by atoms with E-state index in [2.05, 4.69) is 0 Å². The van der Waals surface area contributed by atoms with Crippen LogP contribution in [0.1, 0.15) is 16.9 Å². The standard InChI is InChI=1S/C15H19ClN2O2/c1-17(9-6-10-20-3)15(19)14-13(16)11-7-4-5-8-12(11)18(14)2/h4-5,7-8H,6,9-10H2,1-3H3. The van der Waals surface area contributed by atoms with Gasteiger partial charge in [-0.1, -0.05) is 29.8 Å². The molecule has 0 saturated heterocycles. The summed E-state index contributed by atoms with van der Waals surface area (Å²) in [5.74, 6) is -0.0650. The van der Waals surface area contributed by atoms with Gasteiger partial charge in [0, 0.05) is 45.3 Å². The lowest BCUT2D eigenvalue weighted by molar-refractivity contribution is 0.0770. The van der Waals surface area contributed by atoms with Crippen LogP contribution in [0.4, 0.5) is 0 Å². The molecule has 20 heavy (non-hydrogen) atoms. The van der Waals surface area contributed by atoms with E-state index >= 15 is 0 Å². The Morgan fingerprint density at radius 1 is 1.40 bits per heavy atom. The Hall–Kier alpha value is -1.52. The molecule has 0 bridgehead atoms. The van der Waals surface area contributed by atoms with Crippen molar-refractivity contribution in [1.29, 1.82) is 0 Å². The third kappa shape index (κ3) is 2.67. The number of amides is 1. The van der Waals surface area contributed by atoms with E-state index in [0.717, 1.165) is 17.3 Å². The van der Waals surface area contributed by atoms with Gasteiger partial charge in [0.15, 0.2) is 0 Å². The molecule has 0 saturated carbocycles. The second kappa shape index (κ2) is 6.29. The lowest BCUT2D eigenvalue weighted by Gasteiger charge is -2.17. The first-order valence-electron chi connectivity index (χ1n) is 6.55. The van der Waals surface area contributed by atoms with Crippen molar-refractivity contribution in [3.8, 4) is 0 Å². The maximum atomic E-state index is 12.5. The molecule has 1 aromatic heterocycles. The highest BCUT2D eigenvalue weighted by Crippen LogP contribution is 2.30. The van der Waals surface area contributed by atoms with Gasteiger partial charge in [-0.15, -0.1) is 0 Å². The molecular weight excluding hydrogens is 276 g/mol. The molecule has 108 valence electrons. The fourth-order valence-corrected chi connectivity index (χ4v) is 2.68. The van der Waals surface area contributed by atoms with E-state index in [1.54, 1.807) is 19.1 Å². The number of carbonyl (C=O) groups is 1. The van der Waals surface area contributed by atoms with Crippen molar-refractivity contribution in [2.75, 3.05) is 27.3 Å². The molecule has 0 fully saturated rings. The lowest BCUT2D eigenvalue weighted by Crippen LogP contribution is -2.30. The zero-order chi connectivity index (χ0) is 14.7. The first-order chi connectivity index (χ1) is 9.57. The van der Waals surface area contributed by atoms with Crippen LogP contribution in [0.2, 0.25) is 5.02 Å². The van der Waals surface area contributed by atoms with E-state index in [1.165, 1.54) is 0 Å². The molecule has 0 N–H and O–H groups in total. The summed E-state index contributed by atoms with van der Waals surface area (Å²) in [5, 5.41) is 1.43. The highest BCUT2D eigenvalue weighted by atomic mass is 35.5. The molecule has 0 unspecified atom stereocenters. The minimum Gasteiger partial charge on any atom is -0.385 e. The van der Waals surface area contributed by atoms with E-state index in [4.69, 9.17) is 16.3 Å². The van der Waals surface area contributed by atoms with Gasteiger partial charge in [0.2, 0.25) is 0 Å². The molecular formula is C15H19ClN2O2. The number of nitrogens with zero attached hydrogens (tertiary/aromatic N) is 2. The van der Waals surface area contributed by atoms with Crippen LogP contribution in [0.5, 0.6) is 0 Å². The number of hydrogen-bond donors (Lipinski definition) is 0. The number of rotatable bonds is 5. The van der Waals surface area contributed by atoms with Gasteiger partial charge >= 0.3 is 0 Å². The number of para-hydroxylation sites is 1. The van der Waals surface area contributed by atoms with Crippen LogP contribution in [0, 0.1) is 0 Å². The van der Waals surface area contributed by atoms with Crippen molar-refractivity contribution in [1.82, 2.24) is 9.47 Å². The summed E-state index contributed by atoms with van der Waals surface area (Å²) < 4.78 is 6.86. The lowest BCUT2D eigenvalue weighted by atomic mass is 10.2. The minimum absolute atomic E-state index is 0.0650. The molecule has 1 aromatic carbocycles. The van der Waals surface area contributed by atoms with Gasteiger partial charge < -0.3 is 14.2 Å². The predicted molar refractivity (Wildman–Crippen MR) is 81.4 cm³/mol. The van der Waals surface area contributed by atoms with E-state index in [0.29, 0.717) is 23.9 Å². The molecule has 2 aromatic rings. The Bertz CT molecular complexity index is 583. The monoisotopic (exact) mass is 294 g/mol. The largest absolute Gasteiger partial charge is 0.385 e. The van der Waals surface area contributed by atoms with Gasteiger partial charge in [0.1, 0.15) is 5.69 Å². The van der Waals surface area contributed by atoms with Crippen molar-refractivity contribution in [2.45, 2.75) is 6.42 Å². The van der Waals surface area contributed by atoms with Crippen molar-refractivity contribution >= 4 is 28.4 Å². The average molecular weight is 295 g/mol. The third-order valence-corrected chi connectivity index (χ3v) is 3.82. The SMILES string of the molecule is COCCCN(C)C(=O)c1c(Cl)c2ccccc2n1C. The first kappa shape index (κ1) is 14.9. The molecule has 1 heterocycles. The summed E-state index contributed by atoms with van der Waals surface area (Å²) in [5.41, 5.74) is 1.50. The zero-order valence-corrected chi connectivity index (χ0v) is 12.8. The normalized spacial score (nSPS) is 11.0. The Morgan fingerprint density at radius 3 is 2.75 bits per heavy atom. The fraction of sp³-hybridized carbons (Fsp3) is 0.400. The number of methoxy groups -OCH3 is 1. The molecule has 2 rings (SSSR count). The Morgan fingerprint density at radius 2 is 2.10 bits per heavy atom. The number of aryl methyl sites for hydroxylation is 1. The summed E-state index contributed by atoms with van der Waals surface area (Å²) in [7, 11) is 5.30. The van der Waals surface area contributed by atoms with Crippen molar-refractivity contribution < 1.29 is 9.53 Å². The first-order valence-corrected chi connectivity index (χ1v) is 6.93.